The molecule has 0 bridgehead atoms. The number of hydrogen-bond acceptors (Lipinski definition) is 13. The van der Waals surface area contributed by atoms with Crippen LogP contribution in [-0.2, 0) is 0 Å². The molecule has 0 atom stereocenters. The molecule has 0 saturated carbocycles. The minimum atomic E-state index is 0.625. The Morgan fingerprint density at radius 3 is 0.896 bits per heavy atom. The predicted molar refractivity (Wildman–Crippen MR) is 554 cm³/mol. The summed E-state index contributed by atoms with van der Waals surface area (Å²) in [6, 6.07) is 129. The Morgan fingerprint density at radius 2 is 0.493 bits per heavy atom. The largest absolute Gasteiger partial charge is 0.308 e. The summed E-state index contributed by atoms with van der Waals surface area (Å²) in [5.74, 6) is 2.78. The maximum Gasteiger partial charge on any atom is 0.164 e. The lowest BCUT2D eigenvalue weighted by atomic mass is 10.0. The molecule has 17 nitrogen and oxygen atoms in total. The third-order valence-electron chi connectivity index (χ3n) is 23.2. The molecule has 0 spiro atoms. The minimum absolute atomic E-state index is 0.625. The lowest BCUT2D eigenvalue weighted by Crippen LogP contribution is -2.01. The third-order valence-corrected chi connectivity index (χ3v) is 25.2. The van der Waals surface area contributed by atoms with Gasteiger partial charge in [0.15, 0.2) is 17.5 Å². The first-order valence-corrected chi connectivity index (χ1v) is 46.4. The van der Waals surface area contributed by atoms with E-state index in [4.69, 9.17) is 24.9 Å². The van der Waals surface area contributed by atoms with E-state index in [1.807, 2.05) is 237 Å². The Hall–Kier alpha value is -16.2. The quantitative estimate of drug-likeness (QED) is 0.106. The van der Waals surface area contributed by atoms with Gasteiger partial charge in [-0.15, -0.1) is 0 Å². The Morgan fingerprint density at radius 1 is 0.164 bits per heavy atom. The standard InChI is InChI=1S/C32H20BrN5.C28H18BrN3.C27H17BrN4.C26H16BrN5/c33-24-16-17-26-28(20-24)38(27-15-8-18-34-29(26)27)25-14-7-13-23(19-25)32-36-30(21-9-3-1-4-10-21)35-31(37-32)22-11-5-2-6-12-22;29-22-13-14-23-26(18-22)32(25-12-7-15-30-28(23)25)27-17-21(19-8-3-1-4-9-19)16-24(31-27)20-10-5-2-6-11-20;28-20-9-10-22-26(17-20)32(25-8-5-13-31-27(22)25)21-15-18(23-6-1-3-11-29-23)14-19(16-21)24-7-2-4-12-30-24;27-17-9-10-19-25(14-17)32(24-8-5-13-30-26(19)24)18-15-22(20-6-1-3-11-28-20)31-23(16-18)21-7-2-4-12-29-21/h1-20H;1-18H;1-17H;1-16H. The average Bonchev–Trinajstić information content (AvgIpc) is 1.61. The molecule has 0 fully saturated rings. The normalized spacial score (nSPS) is 11.3. The molecule has 0 amide bonds. The maximum absolute atomic E-state index is 5.12. The molecule has 0 aliphatic heterocycles. The third kappa shape index (κ3) is 16.8. The molecule has 0 saturated heterocycles. The average molecular weight is 1990 g/mol. The van der Waals surface area contributed by atoms with E-state index in [1.54, 1.807) is 12.4 Å². The van der Waals surface area contributed by atoms with Crippen molar-refractivity contribution >= 4 is 151 Å². The lowest BCUT2D eigenvalue weighted by molar-refractivity contribution is 1.07. The van der Waals surface area contributed by atoms with Gasteiger partial charge in [0.05, 0.1) is 112 Å². The van der Waals surface area contributed by atoms with Gasteiger partial charge in [-0.2, -0.15) is 0 Å². The predicted octanol–water partition coefficient (Wildman–Crippen LogP) is 29.3. The van der Waals surface area contributed by atoms with Gasteiger partial charge in [-0.3, -0.25) is 44.4 Å². The van der Waals surface area contributed by atoms with E-state index in [0.717, 1.165) is 213 Å². The number of pyridine rings is 10. The first kappa shape index (κ1) is 83.4. The molecule has 0 aliphatic rings. The highest BCUT2D eigenvalue weighted by Gasteiger charge is 2.24. The number of benzene rings is 10. The van der Waals surface area contributed by atoms with E-state index < -0.39 is 0 Å². The van der Waals surface area contributed by atoms with Crippen LogP contribution in [0.2, 0.25) is 0 Å². The van der Waals surface area contributed by atoms with Crippen LogP contribution in [0.4, 0.5) is 0 Å². The first-order valence-electron chi connectivity index (χ1n) is 43.2. The SMILES string of the molecule is Brc1ccc2c3ncccc3n(-c3cc(-c4ccccc4)cc(-c4ccccc4)n3)c2c1.Brc1ccc2c3ncccc3n(-c3cc(-c4ccccn4)cc(-c4ccccn4)c3)c2c1.Brc1ccc2c3ncccc3n(-c3cc(-c4ccccn4)nc(-c4ccccn4)c3)c2c1.Brc1ccc2c3ncccc3n(-c3cccc(-c4nc(-c5ccccc5)nc(-c5ccccc5)n4)c3)c2c1. The van der Waals surface area contributed by atoms with Crippen LogP contribution in [-0.4, -0.2) is 83.1 Å². The smallest absolute Gasteiger partial charge is 0.164 e. The van der Waals surface area contributed by atoms with Gasteiger partial charge in [0.1, 0.15) is 5.82 Å². The highest BCUT2D eigenvalue weighted by Crippen LogP contribution is 2.42. The van der Waals surface area contributed by atoms with Crippen molar-refractivity contribution in [1.82, 2.24) is 83.1 Å². The van der Waals surface area contributed by atoms with Crippen molar-refractivity contribution in [2.75, 3.05) is 0 Å². The highest BCUT2D eigenvalue weighted by atomic mass is 79.9. The van der Waals surface area contributed by atoms with Crippen LogP contribution in [0.1, 0.15) is 0 Å². The summed E-state index contributed by atoms with van der Waals surface area (Å²) in [4.78, 5) is 61.6. The molecular weight excluding hydrogens is 1910 g/mol. The number of fused-ring (bicyclic) bond motifs is 12. The van der Waals surface area contributed by atoms with Crippen molar-refractivity contribution in [1.29, 1.82) is 0 Å². The van der Waals surface area contributed by atoms with Gasteiger partial charge < -0.3 is 13.7 Å². The Labute approximate surface area is 802 Å². The van der Waals surface area contributed by atoms with Gasteiger partial charge in [-0.1, -0.05) is 221 Å². The molecule has 25 aromatic rings. The summed E-state index contributed by atoms with van der Waals surface area (Å²) >= 11 is 14.6. The van der Waals surface area contributed by atoms with Crippen LogP contribution in [0.15, 0.2) is 450 Å². The fourth-order valence-electron chi connectivity index (χ4n) is 17.2. The maximum atomic E-state index is 5.12. The van der Waals surface area contributed by atoms with E-state index in [2.05, 4.69) is 304 Å². The number of hydrogen-bond donors (Lipinski definition) is 0. The molecule has 21 heteroatoms. The monoisotopic (exact) mass is 1980 g/mol. The molecule has 636 valence electrons. The second kappa shape index (κ2) is 37.0. The van der Waals surface area contributed by atoms with Gasteiger partial charge in [0.25, 0.3) is 0 Å². The van der Waals surface area contributed by atoms with Gasteiger partial charge >= 0.3 is 0 Å². The molecule has 0 radical (unpaired) electrons. The summed E-state index contributed by atoms with van der Waals surface area (Å²) in [5.41, 5.74) is 29.7. The van der Waals surface area contributed by atoms with Crippen molar-refractivity contribution in [3.05, 3.63) is 450 Å². The Bertz CT molecular complexity index is 7870. The number of aromatic nitrogens is 17. The number of rotatable bonds is 13. The van der Waals surface area contributed by atoms with Crippen LogP contribution in [0.5, 0.6) is 0 Å². The van der Waals surface area contributed by atoms with Crippen molar-refractivity contribution in [2.45, 2.75) is 0 Å². The second-order valence-electron chi connectivity index (χ2n) is 31.6. The second-order valence-corrected chi connectivity index (χ2v) is 35.3. The van der Waals surface area contributed by atoms with E-state index in [0.29, 0.717) is 17.5 Å². The van der Waals surface area contributed by atoms with Gasteiger partial charge in [-0.25, -0.2) is 24.9 Å². The lowest BCUT2D eigenvalue weighted by Gasteiger charge is -2.13. The molecule has 0 N–H and O–H groups in total. The summed E-state index contributed by atoms with van der Waals surface area (Å²) < 4.78 is 13.0. The fraction of sp³-hybridized carbons (Fsp3) is 0. The zero-order valence-corrected chi connectivity index (χ0v) is 77.5. The molecule has 10 aromatic carbocycles. The van der Waals surface area contributed by atoms with Gasteiger partial charge in [0.2, 0.25) is 0 Å². The van der Waals surface area contributed by atoms with Gasteiger partial charge in [0, 0.05) is 134 Å². The minimum Gasteiger partial charge on any atom is -0.308 e. The van der Waals surface area contributed by atoms with Crippen LogP contribution in [0, 0.1) is 0 Å². The first-order chi connectivity index (χ1) is 66.1. The topological polar surface area (TPSA) is 187 Å². The van der Waals surface area contributed by atoms with Gasteiger partial charge in [-0.05, 0) is 236 Å². The molecule has 25 rings (SSSR count). The van der Waals surface area contributed by atoms with Crippen LogP contribution < -0.4 is 0 Å². The van der Waals surface area contributed by atoms with E-state index >= 15 is 0 Å². The molecule has 0 aliphatic carbocycles. The summed E-state index contributed by atoms with van der Waals surface area (Å²) in [6.45, 7) is 0. The molecule has 0 unspecified atom stereocenters. The van der Waals surface area contributed by atoms with Crippen molar-refractivity contribution in [2.24, 2.45) is 0 Å². The van der Waals surface area contributed by atoms with Crippen molar-refractivity contribution in [3.8, 4) is 125 Å². The number of halogens is 4. The Kier molecular flexibility index (Phi) is 23.0. The van der Waals surface area contributed by atoms with Crippen LogP contribution in [0.25, 0.3) is 212 Å². The van der Waals surface area contributed by atoms with Crippen molar-refractivity contribution < 1.29 is 0 Å². The molecule has 15 heterocycles. The van der Waals surface area contributed by atoms with E-state index in [1.165, 1.54) is 0 Å². The van der Waals surface area contributed by atoms with E-state index in [9.17, 15) is 0 Å². The fourth-order valence-corrected chi connectivity index (χ4v) is 18.6. The van der Waals surface area contributed by atoms with Crippen LogP contribution in [0.3, 0.4) is 0 Å². The Balaban J connectivity index is 0.000000104. The molecule has 15 aromatic heterocycles. The van der Waals surface area contributed by atoms with Crippen LogP contribution >= 0.6 is 63.7 Å². The van der Waals surface area contributed by atoms with Crippen molar-refractivity contribution in [3.63, 3.8) is 0 Å². The summed E-state index contributed by atoms with van der Waals surface area (Å²) in [5, 5.41) is 4.43. The highest BCUT2D eigenvalue weighted by molar-refractivity contribution is 9.11. The summed E-state index contributed by atoms with van der Waals surface area (Å²) in [7, 11) is 0. The molecular formula is C113H71Br4N17. The summed E-state index contributed by atoms with van der Waals surface area (Å²) in [6.07, 6.45) is 14.6. The van der Waals surface area contributed by atoms with E-state index in [-0.39, 0.29) is 0 Å². The number of nitrogens with zero attached hydrogens (tertiary/aromatic N) is 17. The molecule has 134 heavy (non-hydrogen) atoms. The zero-order chi connectivity index (χ0) is 90.0. The zero-order valence-electron chi connectivity index (χ0n) is 71.1.